The summed E-state index contributed by atoms with van der Waals surface area (Å²) in [5.41, 5.74) is 0.223. The van der Waals surface area contributed by atoms with Gasteiger partial charge in [0.15, 0.2) is 0 Å². The standard InChI is InChI=1S/C11H7BrN2O2/c12-6-1-2-7-9(5-6)14-11(16)8(3-4-13)10(7)15/h1-2,5H,3H2,(H2,14,15,16). The summed E-state index contributed by atoms with van der Waals surface area (Å²) >= 11 is 3.27. The van der Waals surface area contributed by atoms with E-state index in [-0.39, 0.29) is 17.7 Å². The van der Waals surface area contributed by atoms with Crippen LogP contribution in [0.5, 0.6) is 5.75 Å². The third-order valence-corrected chi connectivity index (χ3v) is 2.79. The fourth-order valence-corrected chi connectivity index (χ4v) is 1.90. The Hall–Kier alpha value is -1.80. The molecule has 0 bridgehead atoms. The van der Waals surface area contributed by atoms with Crippen molar-refractivity contribution in [3.63, 3.8) is 0 Å². The number of nitrogens with one attached hydrogen (secondary N) is 1. The summed E-state index contributed by atoms with van der Waals surface area (Å²) in [5, 5.41) is 19.0. The number of hydrogen-bond donors (Lipinski definition) is 2. The Kier molecular flexibility index (Phi) is 2.67. The zero-order valence-electron chi connectivity index (χ0n) is 8.12. The molecule has 80 valence electrons. The number of fused-ring (bicyclic) bond motifs is 1. The summed E-state index contributed by atoms with van der Waals surface area (Å²) in [5.74, 6) is -0.118. The van der Waals surface area contributed by atoms with Crippen LogP contribution < -0.4 is 5.56 Å². The quantitative estimate of drug-likeness (QED) is 0.838. The lowest BCUT2D eigenvalue weighted by molar-refractivity contribution is 0.475. The van der Waals surface area contributed by atoms with E-state index in [1.165, 1.54) is 0 Å². The molecule has 0 aliphatic rings. The molecule has 0 fully saturated rings. The lowest BCUT2D eigenvalue weighted by Crippen LogP contribution is -2.12. The van der Waals surface area contributed by atoms with Gasteiger partial charge in [0.05, 0.1) is 23.6 Å². The van der Waals surface area contributed by atoms with E-state index in [0.29, 0.717) is 10.9 Å². The van der Waals surface area contributed by atoms with Crippen molar-refractivity contribution in [2.24, 2.45) is 0 Å². The summed E-state index contributed by atoms with van der Waals surface area (Å²) in [6.07, 6.45) is -0.104. The Bertz CT molecular complexity index is 655. The van der Waals surface area contributed by atoms with Gasteiger partial charge in [-0.3, -0.25) is 4.79 Å². The summed E-state index contributed by atoms with van der Waals surface area (Å²) < 4.78 is 0.808. The Balaban J connectivity index is 2.84. The fraction of sp³-hybridized carbons (Fsp3) is 0.0909. The first-order chi connectivity index (χ1) is 7.63. The van der Waals surface area contributed by atoms with Crippen LogP contribution >= 0.6 is 15.9 Å². The summed E-state index contributed by atoms with van der Waals surface area (Å²) in [7, 11) is 0. The predicted octanol–water partition coefficient (Wildman–Crippen LogP) is 2.06. The first kappa shape index (κ1) is 10.7. The Morgan fingerprint density at radius 3 is 2.94 bits per heavy atom. The van der Waals surface area contributed by atoms with Gasteiger partial charge in [0.25, 0.3) is 5.56 Å². The number of aromatic hydroxyl groups is 1. The van der Waals surface area contributed by atoms with Crippen LogP contribution in [0.4, 0.5) is 0 Å². The molecule has 0 unspecified atom stereocenters. The third kappa shape index (κ3) is 1.68. The minimum atomic E-state index is -0.426. The molecule has 0 aliphatic heterocycles. The van der Waals surface area contributed by atoms with Crippen molar-refractivity contribution in [1.29, 1.82) is 5.26 Å². The van der Waals surface area contributed by atoms with E-state index in [4.69, 9.17) is 5.26 Å². The highest BCUT2D eigenvalue weighted by Crippen LogP contribution is 2.27. The second-order valence-electron chi connectivity index (χ2n) is 3.31. The monoisotopic (exact) mass is 278 g/mol. The second kappa shape index (κ2) is 3.99. The van der Waals surface area contributed by atoms with Gasteiger partial charge in [-0.2, -0.15) is 5.26 Å². The van der Waals surface area contributed by atoms with Gasteiger partial charge < -0.3 is 10.1 Å². The van der Waals surface area contributed by atoms with E-state index < -0.39 is 5.56 Å². The van der Waals surface area contributed by atoms with Crippen molar-refractivity contribution >= 4 is 26.8 Å². The van der Waals surface area contributed by atoms with Gasteiger partial charge in [0, 0.05) is 9.86 Å². The van der Waals surface area contributed by atoms with Crippen LogP contribution in [0, 0.1) is 11.3 Å². The largest absolute Gasteiger partial charge is 0.507 e. The van der Waals surface area contributed by atoms with Crippen molar-refractivity contribution in [3.05, 3.63) is 38.6 Å². The van der Waals surface area contributed by atoms with E-state index in [0.717, 1.165) is 4.47 Å². The van der Waals surface area contributed by atoms with Crippen LogP contribution in [0.1, 0.15) is 5.56 Å². The first-order valence-electron chi connectivity index (χ1n) is 4.54. The van der Waals surface area contributed by atoms with Gasteiger partial charge in [0.1, 0.15) is 5.75 Å². The number of pyridine rings is 1. The number of halogens is 1. The normalized spacial score (nSPS) is 10.2. The number of rotatable bonds is 1. The van der Waals surface area contributed by atoms with E-state index in [9.17, 15) is 9.90 Å². The molecule has 0 saturated carbocycles. The van der Waals surface area contributed by atoms with Crippen molar-refractivity contribution in [3.8, 4) is 11.8 Å². The fourth-order valence-electron chi connectivity index (χ4n) is 1.54. The third-order valence-electron chi connectivity index (χ3n) is 2.30. The number of H-pyrrole nitrogens is 1. The maximum Gasteiger partial charge on any atom is 0.256 e. The molecule has 5 heteroatoms. The van der Waals surface area contributed by atoms with Crippen LogP contribution in [0.2, 0.25) is 0 Å². The summed E-state index contributed by atoms with van der Waals surface area (Å²) in [6.45, 7) is 0. The van der Waals surface area contributed by atoms with Crippen molar-refractivity contribution in [1.82, 2.24) is 4.98 Å². The lowest BCUT2D eigenvalue weighted by Gasteiger charge is -2.04. The molecule has 0 aliphatic carbocycles. The number of aromatic amines is 1. The van der Waals surface area contributed by atoms with Crippen molar-refractivity contribution in [2.75, 3.05) is 0 Å². The number of benzene rings is 1. The van der Waals surface area contributed by atoms with Crippen LogP contribution in [0.3, 0.4) is 0 Å². The maximum atomic E-state index is 11.6. The molecule has 16 heavy (non-hydrogen) atoms. The smallest absolute Gasteiger partial charge is 0.256 e. The molecule has 4 nitrogen and oxygen atoms in total. The highest BCUT2D eigenvalue weighted by atomic mass is 79.9. The molecule has 0 radical (unpaired) electrons. The first-order valence-corrected chi connectivity index (χ1v) is 5.33. The molecule has 0 amide bonds. The molecule has 1 heterocycles. The molecule has 0 atom stereocenters. The van der Waals surface area contributed by atoms with Crippen LogP contribution in [-0.2, 0) is 6.42 Å². The highest BCUT2D eigenvalue weighted by molar-refractivity contribution is 9.10. The molecule has 2 N–H and O–H groups in total. The minimum absolute atomic E-state index is 0.104. The molecule has 2 rings (SSSR count). The molecule has 0 spiro atoms. The molecule has 1 aromatic heterocycles. The molecule has 1 aromatic carbocycles. The van der Waals surface area contributed by atoms with Gasteiger partial charge in [-0.05, 0) is 18.2 Å². The molecular formula is C11H7BrN2O2. The van der Waals surface area contributed by atoms with Gasteiger partial charge >= 0.3 is 0 Å². The summed E-state index contributed by atoms with van der Waals surface area (Å²) in [6, 6.07) is 7.00. The van der Waals surface area contributed by atoms with E-state index in [2.05, 4.69) is 20.9 Å². The van der Waals surface area contributed by atoms with Gasteiger partial charge in [0.2, 0.25) is 0 Å². The summed E-state index contributed by atoms with van der Waals surface area (Å²) in [4.78, 5) is 14.2. The van der Waals surface area contributed by atoms with Crippen LogP contribution in [0.25, 0.3) is 10.9 Å². The van der Waals surface area contributed by atoms with Crippen molar-refractivity contribution in [2.45, 2.75) is 6.42 Å². The Morgan fingerprint density at radius 2 is 2.25 bits per heavy atom. The van der Waals surface area contributed by atoms with E-state index >= 15 is 0 Å². The molecule has 2 aromatic rings. The number of hydrogen-bond acceptors (Lipinski definition) is 3. The highest BCUT2D eigenvalue weighted by Gasteiger charge is 2.11. The number of aromatic nitrogens is 1. The Morgan fingerprint density at radius 1 is 1.50 bits per heavy atom. The minimum Gasteiger partial charge on any atom is -0.507 e. The predicted molar refractivity (Wildman–Crippen MR) is 63.3 cm³/mol. The number of nitriles is 1. The van der Waals surface area contributed by atoms with Crippen molar-refractivity contribution < 1.29 is 5.11 Å². The van der Waals surface area contributed by atoms with Gasteiger partial charge in [-0.15, -0.1) is 0 Å². The average Bonchev–Trinajstić information content (AvgIpc) is 2.23. The SMILES string of the molecule is N#CCc1c(O)c2ccc(Br)cc2[nH]c1=O. The van der Waals surface area contributed by atoms with Gasteiger partial charge in [-0.25, -0.2) is 0 Å². The van der Waals surface area contributed by atoms with Crippen LogP contribution in [-0.4, -0.2) is 10.1 Å². The van der Waals surface area contributed by atoms with Gasteiger partial charge in [-0.1, -0.05) is 15.9 Å². The molecular weight excluding hydrogens is 272 g/mol. The topological polar surface area (TPSA) is 76.9 Å². The zero-order chi connectivity index (χ0) is 11.7. The average molecular weight is 279 g/mol. The lowest BCUT2D eigenvalue weighted by atomic mass is 10.1. The number of nitrogens with zero attached hydrogens (tertiary/aromatic N) is 1. The second-order valence-corrected chi connectivity index (χ2v) is 4.22. The zero-order valence-corrected chi connectivity index (χ0v) is 9.71. The van der Waals surface area contributed by atoms with E-state index in [1.807, 2.05) is 6.07 Å². The maximum absolute atomic E-state index is 11.6. The van der Waals surface area contributed by atoms with Crippen LogP contribution in [0.15, 0.2) is 27.5 Å². The van der Waals surface area contributed by atoms with E-state index in [1.54, 1.807) is 18.2 Å². The Labute approximate surface area is 99.3 Å². The molecule has 0 saturated heterocycles.